The maximum Gasteiger partial charge on any atom is 0.240 e. The minimum atomic E-state index is -3.46. The summed E-state index contributed by atoms with van der Waals surface area (Å²) >= 11 is 0. The van der Waals surface area contributed by atoms with Crippen molar-refractivity contribution < 1.29 is 13.2 Å². The summed E-state index contributed by atoms with van der Waals surface area (Å²) in [6.45, 7) is 3.69. The number of sulfonamides is 1. The molecule has 19 heavy (non-hydrogen) atoms. The first-order valence-electron chi connectivity index (χ1n) is 6.40. The van der Waals surface area contributed by atoms with Crippen molar-refractivity contribution in [3.63, 3.8) is 0 Å². The molecule has 106 valence electrons. The molecule has 0 bridgehead atoms. The van der Waals surface area contributed by atoms with Crippen molar-refractivity contribution in [3.8, 4) is 5.75 Å². The normalized spacial score (nSPS) is 24.1. The third-order valence-corrected chi connectivity index (χ3v) is 5.01. The van der Waals surface area contributed by atoms with E-state index in [2.05, 4.69) is 17.0 Å². The van der Waals surface area contributed by atoms with E-state index in [9.17, 15) is 8.42 Å². The molecule has 1 heterocycles. The molecule has 0 amide bonds. The van der Waals surface area contributed by atoms with Crippen LogP contribution in [0.3, 0.4) is 0 Å². The molecule has 1 aromatic carbocycles. The number of methoxy groups -OCH3 is 1. The molecule has 2 atom stereocenters. The molecular weight excluding hydrogens is 264 g/mol. The molecule has 0 radical (unpaired) electrons. The van der Waals surface area contributed by atoms with E-state index in [1.807, 2.05) is 0 Å². The minimum absolute atomic E-state index is 0.0548. The second kappa shape index (κ2) is 5.90. The summed E-state index contributed by atoms with van der Waals surface area (Å²) in [5.41, 5.74) is 0. The summed E-state index contributed by atoms with van der Waals surface area (Å²) in [5.74, 6) is 0.987. The van der Waals surface area contributed by atoms with Gasteiger partial charge in [0.2, 0.25) is 10.0 Å². The Bertz CT molecular complexity index is 513. The molecule has 6 heteroatoms. The lowest BCUT2D eigenvalue weighted by Gasteiger charge is -2.29. The van der Waals surface area contributed by atoms with Crippen molar-refractivity contribution in [1.29, 1.82) is 0 Å². The van der Waals surface area contributed by atoms with E-state index in [0.717, 1.165) is 13.0 Å². The fourth-order valence-electron chi connectivity index (χ4n) is 2.17. The van der Waals surface area contributed by atoms with E-state index in [-0.39, 0.29) is 10.9 Å². The van der Waals surface area contributed by atoms with Crippen LogP contribution in [0.2, 0.25) is 0 Å². The first kappa shape index (κ1) is 14.3. The van der Waals surface area contributed by atoms with Gasteiger partial charge >= 0.3 is 0 Å². The second-order valence-electron chi connectivity index (χ2n) is 4.87. The Labute approximate surface area is 114 Å². The van der Waals surface area contributed by atoms with Gasteiger partial charge in [-0.2, -0.15) is 0 Å². The highest BCUT2D eigenvalue weighted by molar-refractivity contribution is 7.89. The zero-order chi connectivity index (χ0) is 13.9. The molecule has 1 aliphatic rings. The summed E-state index contributed by atoms with van der Waals surface area (Å²) in [6, 6.07) is 6.36. The Morgan fingerprint density at radius 3 is 2.58 bits per heavy atom. The van der Waals surface area contributed by atoms with Crippen LogP contribution in [0.4, 0.5) is 0 Å². The van der Waals surface area contributed by atoms with Crippen LogP contribution in [0.25, 0.3) is 0 Å². The van der Waals surface area contributed by atoms with Gasteiger partial charge in [-0.05, 0) is 43.1 Å². The number of rotatable bonds is 4. The smallest absolute Gasteiger partial charge is 0.240 e. The van der Waals surface area contributed by atoms with Crippen LogP contribution in [0.15, 0.2) is 29.2 Å². The van der Waals surface area contributed by atoms with Gasteiger partial charge in [0, 0.05) is 12.6 Å². The summed E-state index contributed by atoms with van der Waals surface area (Å²) in [5, 5.41) is 3.21. The maximum absolute atomic E-state index is 12.3. The summed E-state index contributed by atoms with van der Waals surface area (Å²) < 4.78 is 32.3. The average Bonchev–Trinajstić information content (AvgIpc) is 2.41. The molecule has 1 saturated heterocycles. The van der Waals surface area contributed by atoms with Crippen molar-refractivity contribution in [1.82, 2.24) is 10.0 Å². The zero-order valence-corrected chi connectivity index (χ0v) is 12.0. The first-order valence-corrected chi connectivity index (χ1v) is 7.88. The lowest BCUT2D eigenvalue weighted by atomic mass is 9.96. The van der Waals surface area contributed by atoms with E-state index in [4.69, 9.17) is 4.74 Å². The van der Waals surface area contributed by atoms with Gasteiger partial charge in [-0.3, -0.25) is 0 Å². The van der Waals surface area contributed by atoms with Crippen LogP contribution < -0.4 is 14.8 Å². The van der Waals surface area contributed by atoms with Gasteiger partial charge in [0.05, 0.1) is 12.0 Å². The van der Waals surface area contributed by atoms with Crippen molar-refractivity contribution in [2.45, 2.75) is 24.3 Å². The Morgan fingerprint density at radius 1 is 1.32 bits per heavy atom. The van der Waals surface area contributed by atoms with E-state index < -0.39 is 10.0 Å². The van der Waals surface area contributed by atoms with Crippen molar-refractivity contribution in [2.24, 2.45) is 5.92 Å². The molecule has 0 spiro atoms. The molecular formula is C13H20N2O3S. The number of nitrogens with one attached hydrogen (secondary N) is 2. The number of hydrogen-bond donors (Lipinski definition) is 2. The predicted molar refractivity (Wildman–Crippen MR) is 73.8 cm³/mol. The van der Waals surface area contributed by atoms with E-state index >= 15 is 0 Å². The quantitative estimate of drug-likeness (QED) is 0.864. The summed E-state index contributed by atoms with van der Waals surface area (Å²) in [7, 11) is -1.91. The van der Waals surface area contributed by atoms with Crippen molar-refractivity contribution >= 4 is 10.0 Å². The summed E-state index contributed by atoms with van der Waals surface area (Å²) in [6.07, 6.45) is 0.982. The van der Waals surface area contributed by atoms with Gasteiger partial charge in [0.15, 0.2) is 0 Å². The van der Waals surface area contributed by atoms with Gasteiger partial charge < -0.3 is 10.1 Å². The Kier molecular flexibility index (Phi) is 4.44. The van der Waals surface area contributed by atoms with Crippen LogP contribution in [0, 0.1) is 5.92 Å². The number of piperidine rings is 1. The fraction of sp³-hybridized carbons (Fsp3) is 0.538. The van der Waals surface area contributed by atoms with Gasteiger partial charge in [-0.1, -0.05) is 6.92 Å². The maximum atomic E-state index is 12.3. The van der Waals surface area contributed by atoms with Crippen LogP contribution >= 0.6 is 0 Å². The summed E-state index contributed by atoms with van der Waals surface area (Å²) in [4.78, 5) is 0.270. The largest absolute Gasteiger partial charge is 0.497 e. The standard InChI is InChI=1S/C13H20N2O3S/c1-10-7-8-14-9-13(10)15-19(16,17)12-5-3-11(18-2)4-6-12/h3-6,10,13-15H,7-9H2,1-2H3. The van der Waals surface area contributed by atoms with E-state index in [1.165, 1.54) is 0 Å². The highest BCUT2D eigenvalue weighted by atomic mass is 32.2. The van der Waals surface area contributed by atoms with Crippen LogP contribution in [0.5, 0.6) is 5.75 Å². The SMILES string of the molecule is COc1ccc(S(=O)(=O)NC2CNCCC2C)cc1. The molecule has 1 aliphatic heterocycles. The molecule has 2 N–H and O–H groups in total. The second-order valence-corrected chi connectivity index (χ2v) is 6.59. The van der Waals surface area contributed by atoms with Crippen LogP contribution in [-0.2, 0) is 10.0 Å². The van der Waals surface area contributed by atoms with Crippen LogP contribution in [0.1, 0.15) is 13.3 Å². The van der Waals surface area contributed by atoms with Crippen molar-refractivity contribution in [3.05, 3.63) is 24.3 Å². The van der Waals surface area contributed by atoms with E-state index in [1.54, 1.807) is 31.4 Å². The molecule has 1 fully saturated rings. The topological polar surface area (TPSA) is 67.4 Å². The molecule has 2 unspecified atom stereocenters. The molecule has 0 saturated carbocycles. The molecule has 0 aromatic heterocycles. The number of ether oxygens (including phenoxy) is 1. The molecule has 2 rings (SSSR count). The third-order valence-electron chi connectivity index (χ3n) is 3.50. The Hall–Kier alpha value is -1.11. The minimum Gasteiger partial charge on any atom is -0.497 e. The molecule has 1 aromatic rings. The van der Waals surface area contributed by atoms with Gasteiger partial charge in [0.25, 0.3) is 0 Å². The van der Waals surface area contributed by atoms with Gasteiger partial charge in [-0.15, -0.1) is 0 Å². The Morgan fingerprint density at radius 2 is 2.00 bits per heavy atom. The predicted octanol–water partition coefficient (Wildman–Crippen LogP) is 0.971. The Balaban J connectivity index is 2.12. The first-order chi connectivity index (χ1) is 9.03. The van der Waals surface area contributed by atoms with Crippen LogP contribution in [-0.4, -0.2) is 34.7 Å². The van der Waals surface area contributed by atoms with Gasteiger partial charge in [0.1, 0.15) is 5.75 Å². The number of hydrogen-bond acceptors (Lipinski definition) is 4. The monoisotopic (exact) mass is 284 g/mol. The molecule has 0 aliphatic carbocycles. The zero-order valence-electron chi connectivity index (χ0n) is 11.2. The molecule has 5 nitrogen and oxygen atoms in total. The van der Waals surface area contributed by atoms with E-state index in [0.29, 0.717) is 18.2 Å². The number of benzene rings is 1. The lowest BCUT2D eigenvalue weighted by Crippen LogP contribution is -2.50. The highest BCUT2D eigenvalue weighted by Gasteiger charge is 2.26. The van der Waals surface area contributed by atoms with Gasteiger partial charge in [-0.25, -0.2) is 13.1 Å². The lowest BCUT2D eigenvalue weighted by molar-refractivity contribution is 0.327. The third kappa shape index (κ3) is 3.46. The highest BCUT2D eigenvalue weighted by Crippen LogP contribution is 2.18. The average molecular weight is 284 g/mol. The van der Waals surface area contributed by atoms with Crippen molar-refractivity contribution in [2.75, 3.05) is 20.2 Å². The fourth-order valence-corrected chi connectivity index (χ4v) is 3.51.